The molecule has 0 aromatic heterocycles. The Hall–Kier alpha value is -2.34. The lowest BCUT2D eigenvalue weighted by atomic mass is 9.92. The first-order chi connectivity index (χ1) is 13.1. The van der Waals surface area contributed by atoms with Crippen LogP contribution in [0.2, 0.25) is 0 Å². The molecular weight excluding hydrogens is 356 g/mol. The summed E-state index contributed by atoms with van der Waals surface area (Å²) in [6.45, 7) is 8.82. The van der Waals surface area contributed by atoms with Gasteiger partial charge in [0.15, 0.2) is 11.5 Å². The summed E-state index contributed by atoms with van der Waals surface area (Å²) in [5, 5.41) is 10.5. The number of amides is 1. The fraction of sp³-hybridized carbons (Fsp3) is 0.545. The van der Waals surface area contributed by atoms with Crippen LogP contribution in [-0.2, 0) is 9.59 Å². The van der Waals surface area contributed by atoms with Gasteiger partial charge in [-0.05, 0) is 51.6 Å². The molecule has 0 saturated carbocycles. The maximum Gasteiger partial charge on any atom is 0.290 e. The summed E-state index contributed by atoms with van der Waals surface area (Å²) in [5.74, 6) is -0.295. The highest BCUT2D eigenvalue weighted by atomic mass is 16.5. The quantitative estimate of drug-likeness (QED) is 0.703. The molecule has 1 atom stereocenters. The molecule has 0 fully saturated rings. The van der Waals surface area contributed by atoms with Gasteiger partial charge in [-0.25, -0.2) is 0 Å². The minimum absolute atomic E-state index is 0.0105. The molecule has 1 aromatic carbocycles. The van der Waals surface area contributed by atoms with E-state index in [2.05, 4.69) is 0 Å². The first-order valence-electron chi connectivity index (χ1n) is 9.80. The third-order valence-electron chi connectivity index (χ3n) is 4.53. The van der Waals surface area contributed by atoms with Crippen LogP contribution in [0.25, 0.3) is 0 Å². The van der Waals surface area contributed by atoms with Gasteiger partial charge in [0.2, 0.25) is 0 Å². The number of carbonyl (C=O) groups is 2. The molecule has 1 aliphatic rings. The van der Waals surface area contributed by atoms with E-state index in [9.17, 15) is 14.7 Å². The third-order valence-corrected chi connectivity index (χ3v) is 4.53. The van der Waals surface area contributed by atoms with E-state index in [1.54, 1.807) is 4.90 Å². The van der Waals surface area contributed by atoms with Crippen LogP contribution in [-0.4, -0.2) is 59.9 Å². The van der Waals surface area contributed by atoms with E-state index >= 15 is 0 Å². The summed E-state index contributed by atoms with van der Waals surface area (Å²) in [7, 11) is 3.84. The fourth-order valence-electron chi connectivity index (χ4n) is 3.33. The van der Waals surface area contributed by atoms with Crippen molar-refractivity contribution in [3.63, 3.8) is 0 Å². The number of rotatable bonds is 9. The molecule has 1 N–H and O–H groups in total. The number of hydrogen-bond acceptors (Lipinski definition) is 5. The van der Waals surface area contributed by atoms with Crippen molar-refractivity contribution in [2.24, 2.45) is 5.92 Å². The molecule has 2 rings (SSSR count). The highest BCUT2D eigenvalue weighted by molar-refractivity contribution is 6.09. The summed E-state index contributed by atoms with van der Waals surface area (Å²) < 4.78 is 5.79. The Balaban J connectivity index is 2.47. The lowest BCUT2D eigenvalue weighted by molar-refractivity contribution is -0.129. The first-order valence-corrected chi connectivity index (χ1v) is 9.80. The number of ketones is 1. The highest BCUT2D eigenvalue weighted by Gasteiger charge is 2.43. The number of nitrogens with zero attached hydrogens (tertiary/aromatic N) is 2. The van der Waals surface area contributed by atoms with E-state index in [4.69, 9.17) is 4.74 Å². The molecule has 0 radical (unpaired) electrons. The Morgan fingerprint density at radius 3 is 2.50 bits per heavy atom. The van der Waals surface area contributed by atoms with E-state index in [0.717, 1.165) is 5.56 Å². The van der Waals surface area contributed by atoms with Crippen LogP contribution in [0.15, 0.2) is 35.6 Å². The molecular formula is C22H32N2O4. The zero-order valence-electron chi connectivity index (χ0n) is 17.7. The average molecular weight is 389 g/mol. The predicted octanol–water partition coefficient (Wildman–Crippen LogP) is 3.35. The smallest absolute Gasteiger partial charge is 0.290 e. The predicted molar refractivity (Wildman–Crippen MR) is 109 cm³/mol. The fourth-order valence-corrected chi connectivity index (χ4v) is 3.33. The average Bonchev–Trinajstić information content (AvgIpc) is 2.83. The van der Waals surface area contributed by atoms with Gasteiger partial charge in [0.05, 0.1) is 17.7 Å². The molecule has 1 aromatic rings. The van der Waals surface area contributed by atoms with Gasteiger partial charge < -0.3 is 19.6 Å². The number of aliphatic hydroxyl groups excluding tert-OH is 1. The number of ether oxygens (including phenoxy) is 1. The molecule has 0 aliphatic carbocycles. The number of hydrogen-bond donors (Lipinski definition) is 1. The molecule has 28 heavy (non-hydrogen) atoms. The van der Waals surface area contributed by atoms with E-state index in [1.165, 1.54) is 0 Å². The molecule has 1 unspecified atom stereocenters. The summed E-state index contributed by atoms with van der Waals surface area (Å²) in [5.41, 5.74) is 0.959. The molecule has 0 spiro atoms. The molecule has 0 saturated heterocycles. The van der Waals surface area contributed by atoms with Crippen molar-refractivity contribution >= 4 is 11.7 Å². The summed E-state index contributed by atoms with van der Waals surface area (Å²) in [4.78, 5) is 29.2. The van der Waals surface area contributed by atoms with Gasteiger partial charge in [0.1, 0.15) is 5.75 Å². The zero-order valence-corrected chi connectivity index (χ0v) is 17.7. The number of aliphatic hydroxyl groups is 1. The first kappa shape index (κ1) is 22.0. The lowest BCUT2D eigenvalue weighted by Crippen LogP contribution is -2.36. The molecule has 0 bridgehead atoms. The minimum Gasteiger partial charge on any atom is -0.503 e. The molecule has 154 valence electrons. The molecule has 1 amide bonds. The van der Waals surface area contributed by atoms with Crippen LogP contribution in [0.1, 0.15) is 45.7 Å². The van der Waals surface area contributed by atoms with Gasteiger partial charge in [0, 0.05) is 19.5 Å². The van der Waals surface area contributed by atoms with Crippen LogP contribution in [0, 0.1) is 5.92 Å². The van der Waals surface area contributed by atoms with Gasteiger partial charge in [0.25, 0.3) is 5.91 Å². The van der Waals surface area contributed by atoms with Crippen LogP contribution >= 0.6 is 0 Å². The van der Waals surface area contributed by atoms with Gasteiger partial charge in [-0.2, -0.15) is 0 Å². The second kappa shape index (κ2) is 9.24. The minimum atomic E-state index is -0.602. The van der Waals surface area contributed by atoms with Crippen molar-refractivity contribution in [1.29, 1.82) is 0 Å². The second-order valence-electron chi connectivity index (χ2n) is 8.23. The molecule has 6 nitrogen and oxygen atoms in total. The maximum absolute atomic E-state index is 12.9. The monoisotopic (exact) mass is 388 g/mol. The molecule has 6 heteroatoms. The normalized spacial score (nSPS) is 17.4. The van der Waals surface area contributed by atoms with E-state index in [0.29, 0.717) is 18.8 Å². The van der Waals surface area contributed by atoms with Crippen molar-refractivity contribution in [2.45, 2.75) is 46.3 Å². The van der Waals surface area contributed by atoms with Crippen molar-refractivity contribution in [3.8, 4) is 5.75 Å². The van der Waals surface area contributed by atoms with E-state index < -0.39 is 17.7 Å². The lowest BCUT2D eigenvalue weighted by Gasteiger charge is -2.28. The Kier molecular flexibility index (Phi) is 7.24. The van der Waals surface area contributed by atoms with Gasteiger partial charge in [-0.1, -0.05) is 26.0 Å². The van der Waals surface area contributed by atoms with Gasteiger partial charge >= 0.3 is 0 Å². The Labute approximate surface area is 167 Å². The summed E-state index contributed by atoms with van der Waals surface area (Å²) >= 11 is 0. The van der Waals surface area contributed by atoms with Crippen molar-refractivity contribution in [2.75, 3.05) is 27.2 Å². The van der Waals surface area contributed by atoms with Crippen LogP contribution < -0.4 is 4.74 Å². The standard InChI is InChI=1S/C22H32N2O4/c1-14(2)12-18(25)19-20(16-8-7-9-17(13-16)28-15(3)4)24(11-10-23(5)6)22(27)21(19)26/h7-9,13-15,20,26H,10-12H2,1-6H3. The zero-order chi connectivity index (χ0) is 21.0. The van der Waals surface area contributed by atoms with Crippen LogP contribution in [0.4, 0.5) is 0 Å². The van der Waals surface area contributed by atoms with E-state index in [1.807, 2.05) is 71.0 Å². The molecule has 1 aliphatic heterocycles. The van der Waals surface area contributed by atoms with Crippen LogP contribution in [0.3, 0.4) is 0 Å². The molecule has 1 heterocycles. The number of benzene rings is 1. The van der Waals surface area contributed by atoms with Crippen molar-refractivity contribution in [1.82, 2.24) is 9.80 Å². The van der Waals surface area contributed by atoms with Gasteiger partial charge in [-0.15, -0.1) is 0 Å². The Bertz CT molecular complexity index is 753. The summed E-state index contributed by atoms with van der Waals surface area (Å²) in [6, 6.07) is 6.82. The number of Topliss-reactive ketones (excluding diaryl/α,β-unsaturated/α-hetero) is 1. The summed E-state index contributed by atoms with van der Waals surface area (Å²) in [6.07, 6.45) is 0.295. The second-order valence-corrected chi connectivity index (χ2v) is 8.23. The van der Waals surface area contributed by atoms with Crippen LogP contribution in [0.5, 0.6) is 5.75 Å². The largest absolute Gasteiger partial charge is 0.503 e. The van der Waals surface area contributed by atoms with Crippen molar-refractivity contribution < 1.29 is 19.4 Å². The van der Waals surface area contributed by atoms with E-state index in [-0.39, 0.29) is 29.8 Å². The topological polar surface area (TPSA) is 70.1 Å². The Morgan fingerprint density at radius 2 is 1.93 bits per heavy atom. The highest BCUT2D eigenvalue weighted by Crippen LogP contribution is 2.39. The van der Waals surface area contributed by atoms with Crippen molar-refractivity contribution in [3.05, 3.63) is 41.2 Å². The third kappa shape index (κ3) is 5.13. The number of likely N-dealkylation sites (N-methyl/N-ethyl adjacent to an activating group) is 1. The maximum atomic E-state index is 12.9. The van der Waals surface area contributed by atoms with Gasteiger partial charge in [-0.3, -0.25) is 9.59 Å². The Morgan fingerprint density at radius 1 is 1.25 bits per heavy atom. The SMILES string of the molecule is CC(C)CC(=O)C1=C(O)C(=O)N(CCN(C)C)C1c1cccc(OC(C)C)c1. The number of carbonyl (C=O) groups excluding carboxylic acids is 2.